The van der Waals surface area contributed by atoms with Crippen molar-refractivity contribution in [2.45, 2.75) is 45.6 Å². The lowest BCUT2D eigenvalue weighted by Gasteiger charge is -2.39. The van der Waals surface area contributed by atoms with Crippen LogP contribution in [0.15, 0.2) is 4.99 Å². The average molecular weight is 509 g/mol. The minimum absolute atomic E-state index is 0. The highest BCUT2D eigenvalue weighted by Crippen LogP contribution is 2.14. The number of carbonyl (C=O) groups is 2. The number of aliphatic imine (C=N–C) groups is 1. The topological polar surface area (TPSA) is 77.5 Å². The molecule has 1 N–H and O–H groups in total. The maximum Gasteiger partial charge on any atom is 0.305 e. The van der Waals surface area contributed by atoms with Crippen LogP contribution >= 0.6 is 24.0 Å². The molecule has 1 amide bonds. The molecule has 0 aromatic heterocycles. The number of hydrogen-bond donors (Lipinski definition) is 1. The van der Waals surface area contributed by atoms with Crippen LogP contribution in [0.2, 0.25) is 0 Å². The van der Waals surface area contributed by atoms with E-state index in [2.05, 4.69) is 20.1 Å². The number of nitrogens with zero attached hydrogens (tertiary/aromatic N) is 4. The molecule has 0 bridgehead atoms. The Bertz CT molecular complexity index is 518. The third-order valence-electron chi connectivity index (χ3n) is 5.29. The van der Waals surface area contributed by atoms with Crippen LogP contribution in [0.1, 0.15) is 39.5 Å². The van der Waals surface area contributed by atoms with Crippen molar-refractivity contribution in [3.8, 4) is 0 Å². The van der Waals surface area contributed by atoms with Crippen molar-refractivity contribution in [1.82, 2.24) is 20.0 Å². The van der Waals surface area contributed by atoms with Crippen LogP contribution in [0.5, 0.6) is 0 Å². The molecule has 8 nitrogen and oxygen atoms in total. The monoisotopic (exact) mass is 509 g/mol. The van der Waals surface area contributed by atoms with Gasteiger partial charge in [-0.25, -0.2) is 0 Å². The van der Waals surface area contributed by atoms with E-state index in [4.69, 9.17) is 4.74 Å². The number of ether oxygens (including phenoxy) is 1. The highest BCUT2D eigenvalue weighted by Gasteiger charge is 2.30. The van der Waals surface area contributed by atoms with Crippen LogP contribution in [-0.4, -0.2) is 98.0 Å². The highest BCUT2D eigenvalue weighted by molar-refractivity contribution is 14.0. The summed E-state index contributed by atoms with van der Waals surface area (Å²) in [6.07, 6.45) is 3.40. The number of hydrogen-bond acceptors (Lipinski definition) is 5. The lowest BCUT2D eigenvalue weighted by Crippen LogP contribution is -2.57. The molecule has 2 rings (SSSR count). The summed E-state index contributed by atoms with van der Waals surface area (Å²) in [4.78, 5) is 34.8. The Labute approximate surface area is 186 Å². The fraction of sp³-hybridized carbons (Fsp3) is 0.842. The van der Waals surface area contributed by atoms with Crippen molar-refractivity contribution in [2.75, 3.05) is 59.5 Å². The fourth-order valence-electron chi connectivity index (χ4n) is 3.68. The van der Waals surface area contributed by atoms with Crippen LogP contribution < -0.4 is 5.32 Å². The van der Waals surface area contributed by atoms with E-state index >= 15 is 0 Å². The van der Waals surface area contributed by atoms with E-state index < -0.39 is 0 Å². The molecule has 2 aliphatic rings. The van der Waals surface area contributed by atoms with Crippen molar-refractivity contribution in [2.24, 2.45) is 4.99 Å². The molecule has 0 spiro atoms. The first-order valence-corrected chi connectivity index (χ1v) is 10.2. The first-order chi connectivity index (χ1) is 13.1. The van der Waals surface area contributed by atoms with Crippen LogP contribution in [0, 0.1) is 0 Å². The van der Waals surface area contributed by atoms with Gasteiger partial charge >= 0.3 is 5.97 Å². The molecule has 2 saturated heterocycles. The molecule has 0 radical (unpaired) electrons. The molecule has 0 aromatic rings. The van der Waals surface area contributed by atoms with Crippen molar-refractivity contribution >= 4 is 41.8 Å². The number of likely N-dealkylation sites (tertiary alicyclic amines) is 1. The Morgan fingerprint density at radius 3 is 2.29 bits per heavy atom. The Kier molecular flexibility index (Phi) is 11.7. The number of piperazine rings is 1. The van der Waals surface area contributed by atoms with Crippen molar-refractivity contribution < 1.29 is 14.3 Å². The Morgan fingerprint density at radius 1 is 1.07 bits per heavy atom. The molecule has 2 fully saturated rings. The third kappa shape index (κ3) is 7.38. The zero-order valence-electron chi connectivity index (χ0n) is 17.5. The second-order valence-electron chi connectivity index (χ2n) is 7.11. The van der Waals surface area contributed by atoms with E-state index in [1.807, 2.05) is 18.7 Å². The van der Waals surface area contributed by atoms with Gasteiger partial charge in [0, 0.05) is 59.3 Å². The minimum atomic E-state index is -0.153. The Morgan fingerprint density at radius 2 is 1.71 bits per heavy atom. The van der Waals surface area contributed by atoms with Crippen LogP contribution in [0.3, 0.4) is 0 Å². The van der Waals surface area contributed by atoms with Crippen molar-refractivity contribution in [1.29, 1.82) is 0 Å². The molecule has 1 atom stereocenters. The van der Waals surface area contributed by atoms with Gasteiger partial charge in [-0.05, 0) is 33.1 Å². The van der Waals surface area contributed by atoms with Gasteiger partial charge in [-0.2, -0.15) is 0 Å². The summed E-state index contributed by atoms with van der Waals surface area (Å²) in [5.74, 6) is 0.971. The molecule has 162 valence electrons. The van der Waals surface area contributed by atoms with Gasteiger partial charge < -0.3 is 19.9 Å². The summed E-state index contributed by atoms with van der Waals surface area (Å²) < 4.78 is 4.94. The number of halogens is 1. The number of carbonyl (C=O) groups excluding carboxylic acids is 2. The number of amides is 1. The SMILES string of the molecule is CCOC(=O)CCCNC(=NC)N1CCN(C(C)C(=O)N2CCCC2)CC1.I. The minimum Gasteiger partial charge on any atom is -0.466 e. The number of nitrogens with one attached hydrogen (secondary N) is 1. The summed E-state index contributed by atoms with van der Waals surface area (Å²) >= 11 is 0. The zero-order valence-corrected chi connectivity index (χ0v) is 19.8. The average Bonchev–Trinajstić information content (AvgIpc) is 3.22. The largest absolute Gasteiger partial charge is 0.466 e. The van der Waals surface area contributed by atoms with Crippen LogP contribution in [0.4, 0.5) is 0 Å². The van der Waals surface area contributed by atoms with Crippen LogP contribution in [0.25, 0.3) is 0 Å². The van der Waals surface area contributed by atoms with E-state index in [-0.39, 0.29) is 41.9 Å². The van der Waals surface area contributed by atoms with Gasteiger partial charge in [-0.15, -0.1) is 24.0 Å². The molecule has 1 unspecified atom stereocenters. The standard InChI is InChI=1S/C19H35N5O3.HI/c1-4-27-17(25)8-7-9-21-19(20-3)24-14-12-22(13-15-24)16(2)18(26)23-10-5-6-11-23;/h16H,4-15H2,1-3H3,(H,20,21);1H. The molecular weight excluding hydrogens is 473 g/mol. The van der Waals surface area contributed by atoms with E-state index in [1.165, 1.54) is 0 Å². The summed E-state index contributed by atoms with van der Waals surface area (Å²) in [5.41, 5.74) is 0. The molecule has 0 aromatic carbocycles. The number of rotatable bonds is 7. The van der Waals surface area contributed by atoms with Crippen LogP contribution in [-0.2, 0) is 14.3 Å². The lowest BCUT2D eigenvalue weighted by atomic mass is 10.2. The quantitative estimate of drug-likeness (QED) is 0.183. The lowest BCUT2D eigenvalue weighted by molar-refractivity contribution is -0.143. The van der Waals surface area contributed by atoms with E-state index in [0.29, 0.717) is 19.6 Å². The highest BCUT2D eigenvalue weighted by atomic mass is 127. The van der Waals surface area contributed by atoms with Gasteiger partial charge in [0.1, 0.15) is 0 Å². The van der Waals surface area contributed by atoms with Gasteiger partial charge in [0.2, 0.25) is 5.91 Å². The number of esters is 1. The molecule has 9 heteroatoms. The first-order valence-electron chi connectivity index (χ1n) is 10.2. The van der Waals surface area contributed by atoms with Gasteiger partial charge in [0.15, 0.2) is 5.96 Å². The molecular formula is C19H36IN5O3. The smallest absolute Gasteiger partial charge is 0.305 e. The first kappa shape index (κ1) is 24.9. The van der Waals surface area contributed by atoms with Gasteiger partial charge in [-0.3, -0.25) is 19.5 Å². The molecule has 0 aliphatic carbocycles. The normalized spacial score (nSPS) is 19.2. The Balaban J connectivity index is 0.00000392. The second-order valence-corrected chi connectivity index (χ2v) is 7.11. The molecule has 0 saturated carbocycles. The molecule has 2 aliphatic heterocycles. The number of guanidine groups is 1. The van der Waals surface area contributed by atoms with Gasteiger partial charge in [-0.1, -0.05) is 0 Å². The van der Waals surface area contributed by atoms with E-state index in [9.17, 15) is 9.59 Å². The summed E-state index contributed by atoms with van der Waals surface area (Å²) in [6.45, 7) is 10.2. The molecule has 2 heterocycles. The predicted molar refractivity (Wildman–Crippen MR) is 121 cm³/mol. The summed E-state index contributed by atoms with van der Waals surface area (Å²) in [5, 5.41) is 3.32. The van der Waals surface area contributed by atoms with Gasteiger partial charge in [0.05, 0.1) is 12.6 Å². The zero-order chi connectivity index (χ0) is 19.6. The molecule has 28 heavy (non-hydrogen) atoms. The predicted octanol–water partition coefficient (Wildman–Crippen LogP) is 1.15. The van der Waals surface area contributed by atoms with E-state index in [0.717, 1.165) is 64.5 Å². The third-order valence-corrected chi connectivity index (χ3v) is 5.29. The van der Waals surface area contributed by atoms with Gasteiger partial charge in [0.25, 0.3) is 0 Å². The maximum atomic E-state index is 12.6. The summed E-state index contributed by atoms with van der Waals surface area (Å²) in [6, 6.07) is -0.0511. The second kappa shape index (κ2) is 13.2. The maximum absolute atomic E-state index is 12.6. The van der Waals surface area contributed by atoms with E-state index in [1.54, 1.807) is 7.05 Å². The van der Waals surface area contributed by atoms with Crippen molar-refractivity contribution in [3.05, 3.63) is 0 Å². The Hall–Kier alpha value is -1.10. The fourth-order valence-corrected chi connectivity index (χ4v) is 3.68. The summed E-state index contributed by atoms with van der Waals surface area (Å²) in [7, 11) is 1.78. The van der Waals surface area contributed by atoms with Crippen molar-refractivity contribution in [3.63, 3.8) is 0 Å².